The molecule has 0 amide bonds. The highest BCUT2D eigenvalue weighted by Gasteiger charge is 2.50. The smallest absolute Gasteiger partial charge is 0.0351 e. The molecule has 0 aromatic heterocycles. The van der Waals surface area contributed by atoms with Gasteiger partial charge in [0.2, 0.25) is 0 Å². The number of nitrogens with one attached hydrogen (secondary N) is 1. The fourth-order valence-electron chi connectivity index (χ4n) is 2.87. The van der Waals surface area contributed by atoms with Crippen LogP contribution in [0.3, 0.4) is 0 Å². The van der Waals surface area contributed by atoms with Gasteiger partial charge in [-0.05, 0) is 44.2 Å². The third-order valence-corrected chi connectivity index (χ3v) is 3.91. The Kier molecular flexibility index (Phi) is 2.83. The van der Waals surface area contributed by atoms with Crippen molar-refractivity contribution < 1.29 is 0 Å². The van der Waals surface area contributed by atoms with E-state index in [1.807, 2.05) is 0 Å². The van der Waals surface area contributed by atoms with Gasteiger partial charge in [0.15, 0.2) is 0 Å². The van der Waals surface area contributed by atoms with Gasteiger partial charge >= 0.3 is 0 Å². The molecule has 2 unspecified atom stereocenters. The maximum absolute atomic E-state index is 3.49. The first-order valence-electron chi connectivity index (χ1n) is 6.19. The molecule has 1 N–H and O–H groups in total. The van der Waals surface area contributed by atoms with Crippen molar-refractivity contribution in [1.29, 1.82) is 0 Å². The van der Waals surface area contributed by atoms with Crippen molar-refractivity contribution in [3.63, 3.8) is 0 Å². The zero-order valence-electron chi connectivity index (χ0n) is 11.1. The van der Waals surface area contributed by atoms with Gasteiger partial charge in [0, 0.05) is 6.04 Å². The van der Waals surface area contributed by atoms with E-state index in [4.69, 9.17) is 0 Å². The van der Waals surface area contributed by atoms with E-state index >= 15 is 0 Å². The van der Waals surface area contributed by atoms with Crippen molar-refractivity contribution in [3.8, 4) is 0 Å². The third-order valence-electron chi connectivity index (χ3n) is 3.91. The lowest BCUT2D eigenvalue weighted by Gasteiger charge is -2.19. The summed E-state index contributed by atoms with van der Waals surface area (Å²) in [6.45, 7) is 9.10. The lowest BCUT2D eigenvalue weighted by molar-refractivity contribution is 0.440. The summed E-state index contributed by atoms with van der Waals surface area (Å²) in [4.78, 5) is 0. The highest BCUT2D eigenvalue weighted by molar-refractivity contribution is 5.32. The van der Waals surface area contributed by atoms with Crippen LogP contribution in [0.15, 0.2) is 18.2 Å². The molecule has 1 fully saturated rings. The normalized spacial score (nSPS) is 24.2. The number of hydrogen-bond donors (Lipinski definition) is 1. The summed E-state index contributed by atoms with van der Waals surface area (Å²) < 4.78 is 0. The zero-order valence-corrected chi connectivity index (χ0v) is 11.1. The minimum atomic E-state index is 0.519. The van der Waals surface area contributed by atoms with Crippen LogP contribution >= 0.6 is 0 Å². The van der Waals surface area contributed by atoms with Crippen LogP contribution in [0.1, 0.15) is 43.0 Å². The lowest BCUT2D eigenvalue weighted by Crippen LogP contribution is -2.20. The Morgan fingerprint density at radius 3 is 2.06 bits per heavy atom. The van der Waals surface area contributed by atoms with Crippen LogP contribution in [0.25, 0.3) is 0 Å². The van der Waals surface area contributed by atoms with Gasteiger partial charge in [0.25, 0.3) is 0 Å². The van der Waals surface area contributed by atoms with E-state index in [0.29, 0.717) is 11.5 Å². The Labute approximate surface area is 99.3 Å². The van der Waals surface area contributed by atoms with Crippen molar-refractivity contribution in [2.24, 2.45) is 11.3 Å². The summed E-state index contributed by atoms with van der Waals surface area (Å²) in [5, 5.41) is 3.49. The van der Waals surface area contributed by atoms with Gasteiger partial charge in [0.1, 0.15) is 0 Å². The van der Waals surface area contributed by atoms with Crippen molar-refractivity contribution in [3.05, 3.63) is 34.9 Å². The second-order valence-corrected chi connectivity index (χ2v) is 5.99. The van der Waals surface area contributed by atoms with Crippen molar-refractivity contribution >= 4 is 0 Å². The average molecular weight is 217 g/mol. The van der Waals surface area contributed by atoms with Gasteiger partial charge < -0.3 is 5.32 Å². The minimum Gasteiger partial charge on any atom is -0.313 e. The maximum Gasteiger partial charge on any atom is 0.0351 e. The van der Waals surface area contributed by atoms with Gasteiger partial charge in [-0.25, -0.2) is 0 Å². The molecule has 0 radical (unpaired) electrons. The molecule has 88 valence electrons. The van der Waals surface area contributed by atoms with Gasteiger partial charge in [-0.15, -0.1) is 0 Å². The van der Waals surface area contributed by atoms with E-state index in [9.17, 15) is 0 Å². The maximum atomic E-state index is 3.49. The molecule has 1 nitrogen and oxygen atoms in total. The largest absolute Gasteiger partial charge is 0.313 e. The fraction of sp³-hybridized carbons (Fsp3) is 0.600. The highest BCUT2D eigenvalue weighted by Crippen LogP contribution is 2.57. The van der Waals surface area contributed by atoms with Crippen LogP contribution in [-0.2, 0) is 0 Å². The topological polar surface area (TPSA) is 12.0 Å². The first-order valence-corrected chi connectivity index (χ1v) is 6.19. The van der Waals surface area contributed by atoms with Crippen LogP contribution in [0.5, 0.6) is 0 Å². The van der Waals surface area contributed by atoms with E-state index in [0.717, 1.165) is 5.92 Å². The van der Waals surface area contributed by atoms with Crippen molar-refractivity contribution in [2.75, 3.05) is 7.05 Å². The molecule has 1 aromatic rings. The first-order chi connectivity index (χ1) is 7.44. The second kappa shape index (κ2) is 3.89. The van der Waals surface area contributed by atoms with Crippen molar-refractivity contribution in [2.45, 2.75) is 40.2 Å². The molecule has 0 saturated heterocycles. The Hall–Kier alpha value is -0.820. The molecule has 0 aliphatic heterocycles. The predicted molar refractivity (Wildman–Crippen MR) is 69.6 cm³/mol. The number of hydrogen-bond acceptors (Lipinski definition) is 1. The van der Waals surface area contributed by atoms with E-state index in [-0.39, 0.29) is 0 Å². The van der Waals surface area contributed by atoms with Gasteiger partial charge in [-0.1, -0.05) is 43.2 Å². The Bertz CT molecular complexity index is 372. The fourth-order valence-corrected chi connectivity index (χ4v) is 2.87. The summed E-state index contributed by atoms with van der Waals surface area (Å²) in [5.41, 5.74) is 4.71. The molecule has 0 heterocycles. The molecule has 1 aliphatic carbocycles. The van der Waals surface area contributed by atoms with E-state index in [2.05, 4.69) is 58.3 Å². The second-order valence-electron chi connectivity index (χ2n) is 5.99. The molecule has 2 atom stereocenters. The monoisotopic (exact) mass is 217 g/mol. The van der Waals surface area contributed by atoms with Gasteiger partial charge in [-0.3, -0.25) is 0 Å². The lowest BCUT2D eigenvalue weighted by atomic mass is 9.94. The Morgan fingerprint density at radius 2 is 1.69 bits per heavy atom. The van der Waals surface area contributed by atoms with Gasteiger partial charge in [0.05, 0.1) is 0 Å². The average Bonchev–Trinajstić information content (AvgIpc) is 2.74. The Morgan fingerprint density at radius 1 is 1.19 bits per heavy atom. The summed E-state index contributed by atoms with van der Waals surface area (Å²) in [7, 11) is 2.08. The molecular formula is C15H23N. The summed E-state index contributed by atoms with van der Waals surface area (Å²) >= 11 is 0. The highest BCUT2D eigenvalue weighted by atomic mass is 14.9. The molecule has 0 spiro atoms. The van der Waals surface area contributed by atoms with E-state index in [1.165, 1.54) is 23.1 Å². The standard InChI is InChI=1S/C15H23N/c1-10-6-11(2)8-12(7-10)14(16-5)13-9-15(13,3)4/h6-8,13-14,16H,9H2,1-5H3. The van der Waals surface area contributed by atoms with Gasteiger partial charge in [-0.2, -0.15) is 0 Å². The van der Waals surface area contributed by atoms with Crippen LogP contribution in [-0.4, -0.2) is 7.05 Å². The van der Waals surface area contributed by atoms with E-state index < -0.39 is 0 Å². The molecule has 1 saturated carbocycles. The van der Waals surface area contributed by atoms with Crippen LogP contribution < -0.4 is 5.32 Å². The minimum absolute atomic E-state index is 0.519. The van der Waals surface area contributed by atoms with Crippen LogP contribution in [0, 0.1) is 25.2 Å². The molecule has 1 aliphatic rings. The first kappa shape index (κ1) is 11.7. The SMILES string of the molecule is CNC(c1cc(C)cc(C)c1)C1CC1(C)C. The van der Waals surface area contributed by atoms with Crippen LogP contribution in [0.2, 0.25) is 0 Å². The van der Waals surface area contributed by atoms with Crippen molar-refractivity contribution in [1.82, 2.24) is 5.32 Å². The predicted octanol–water partition coefficient (Wildman–Crippen LogP) is 3.61. The molecule has 1 aromatic carbocycles. The third kappa shape index (κ3) is 2.15. The molecular weight excluding hydrogens is 194 g/mol. The number of benzene rings is 1. The number of aryl methyl sites for hydroxylation is 2. The summed E-state index contributed by atoms with van der Waals surface area (Å²) in [5.74, 6) is 0.790. The Balaban J connectivity index is 2.27. The number of rotatable bonds is 3. The molecule has 2 rings (SSSR count). The molecule has 0 bridgehead atoms. The van der Waals surface area contributed by atoms with Crippen LogP contribution in [0.4, 0.5) is 0 Å². The quantitative estimate of drug-likeness (QED) is 0.815. The molecule has 16 heavy (non-hydrogen) atoms. The molecule has 1 heteroatoms. The summed E-state index contributed by atoms with van der Waals surface area (Å²) in [6, 6.07) is 7.41. The zero-order chi connectivity index (χ0) is 11.9. The summed E-state index contributed by atoms with van der Waals surface area (Å²) in [6.07, 6.45) is 1.34. The van der Waals surface area contributed by atoms with E-state index in [1.54, 1.807) is 0 Å².